The summed E-state index contributed by atoms with van der Waals surface area (Å²) in [5.41, 5.74) is 3.94. The quantitative estimate of drug-likeness (QED) is 0.708. The molecular formula is C12H20N2O. The topological polar surface area (TPSA) is 41.5 Å². The summed E-state index contributed by atoms with van der Waals surface area (Å²) in [5, 5.41) is 4.28. The van der Waals surface area contributed by atoms with E-state index in [1.165, 1.54) is 25.0 Å². The van der Waals surface area contributed by atoms with E-state index >= 15 is 0 Å². The SMILES string of the molecule is CCCCC(=O)N/N=C1/CC2CCC1C2. The molecule has 2 saturated carbocycles. The fourth-order valence-electron chi connectivity index (χ4n) is 2.69. The van der Waals surface area contributed by atoms with Gasteiger partial charge >= 0.3 is 0 Å². The van der Waals surface area contributed by atoms with Gasteiger partial charge in [-0.2, -0.15) is 5.10 Å². The summed E-state index contributed by atoms with van der Waals surface area (Å²) in [7, 11) is 0. The highest BCUT2D eigenvalue weighted by Gasteiger charge is 2.36. The van der Waals surface area contributed by atoms with Crippen LogP contribution >= 0.6 is 0 Å². The van der Waals surface area contributed by atoms with Crippen molar-refractivity contribution in [1.29, 1.82) is 0 Å². The van der Waals surface area contributed by atoms with Gasteiger partial charge in [-0.3, -0.25) is 4.79 Å². The van der Waals surface area contributed by atoms with Crippen LogP contribution in [0.2, 0.25) is 0 Å². The number of nitrogens with one attached hydrogen (secondary N) is 1. The van der Waals surface area contributed by atoms with Crippen molar-refractivity contribution in [3.05, 3.63) is 0 Å². The normalized spacial score (nSPS) is 31.1. The molecule has 2 fully saturated rings. The van der Waals surface area contributed by atoms with E-state index < -0.39 is 0 Å². The molecule has 2 unspecified atom stereocenters. The zero-order valence-electron chi connectivity index (χ0n) is 9.46. The molecule has 2 rings (SSSR count). The van der Waals surface area contributed by atoms with E-state index in [4.69, 9.17) is 0 Å². The smallest absolute Gasteiger partial charge is 0.240 e. The molecule has 84 valence electrons. The number of carbonyl (C=O) groups is 1. The van der Waals surface area contributed by atoms with Crippen LogP contribution in [0.1, 0.15) is 51.9 Å². The Morgan fingerprint density at radius 1 is 1.53 bits per heavy atom. The minimum atomic E-state index is 0.0760. The maximum absolute atomic E-state index is 11.3. The van der Waals surface area contributed by atoms with Crippen molar-refractivity contribution in [2.45, 2.75) is 51.9 Å². The molecule has 2 atom stereocenters. The van der Waals surface area contributed by atoms with Crippen LogP contribution in [0, 0.1) is 11.8 Å². The summed E-state index contributed by atoms with van der Waals surface area (Å²) in [5.74, 6) is 1.62. The van der Waals surface area contributed by atoms with Gasteiger partial charge in [-0.25, -0.2) is 5.43 Å². The second-order valence-electron chi connectivity index (χ2n) is 4.82. The Hall–Kier alpha value is -0.860. The molecule has 1 amide bonds. The van der Waals surface area contributed by atoms with E-state index in [1.807, 2.05) is 0 Å². The van der Waals surface area contributed by atoms with Crippen LogP contribution in [-0.2, 0) is 4.79 Å². The van der Waals surface area contributed by atoms with Crippen LogP contribution < -0.4 is 5.43 Å². The average molecular weight is 208 g/mol. The van der Waals surface area contributed by atoms with Gasteiger partial charge < -0.3 is 0 Å². The monoisotopic (exact) mass is 208 g/mol. The summed E-state index contributed by atoms with van der Waals surface area (Å²) in [4.78, 5) is 11.3. The lowest BCUT2D eigenvalue weighted by atomic mass is 9.99. The summed E-state index contributed by atoms with van der Waals surface area (Å²) in [6.07, 6.45) is 7.73. The Morgan fingerprint density at radius 2 is 2.40 bits per heavy atom. The second kappa shape index (κ2) is 4.77. The fraction of sp³-hybridized carbons (Fsp3) is 0.833. The number of fused-ring (bicyclic) bond motifs is 2. The van der Waals surface area contributed by atoms with Gasteiger partial charge in [0.15, 0.2) is 0 Å². The lowest BCUT2D eigenvalue weighted by Gasteiger charge is -2.11. The lowest BCUT2D eigenvalue weighted by Crippen LogP contribution is -2.21. The highest BCUT2D eigenvalue weighted by atomic mass is 16.2. The molecule has 0 saturated heterocycles. The molecule has 2 bridgehead atoms. The largest absolute Gasteiger partial charge is 0.273 e. The molecule has 3 nitrogen and oxygen atoms in total. The van der Waals surface area contributed by atoms with Crippen molar-refractivity contribution in [3.8, 4) is 0 Å². The van der Waals surface area contributed by atoms with Gasteiger partial charge in [0.1, 0.15) is 0 Å². The Morgan fingerprint density at radius 3 is 3.00 bits per heavy atom. The first-order chi connectivity index (χ1) is 7.29. The van der Waals surface area contributed by atoms with Crippen LogP contribution in [0.25, 0.3) is 0 Å². The third-order valence-corrected chi connectivity index (χ3v) is 3.59. The van der Waals surface area contributed by atoms with Crippen LogP contribution in [0.4, 0.5) is 0 Å². The number of hydrogen-bond donors (Lipinski definition) is 1. The van der Waals surface area contributed by atoms with Gasteiger partial charge in [0.2, 0.25) is 5.91 Å². The van der Waals surface area contributed by atoms with Crippen molar-refractivity contribution in [3.63, 3.8) is 0 Å². The summed E-state index contributed by atoms with van der Waals surface area (Å²) < 4.78 is 0. The number of hydrogen-bond acceptors (Lipinski definition) is 2. The molecule has 0 radical (unpaired) electrons. The van der Waals surface area contributed by atoms with Crippen molar-refractivity contribution >= 4 is 11.6 Å². The highest BCUT2D eigenvalue weighted by molar-refractivity contribution is 5.90. The first-order valence-electron chi connectivity index (χ1n) is 6.15. The molecule has 0 aromatic heterocycles. The number of carbonyl (C=O) groups excluding carboxylic acids is 1. The molecule has 1 N–H and O–H groups in total. The van der Waals surface area contributed by atoms with Gasteiger partial charge in [0.05, 0.1) is 0 Å². The van der Waals surface area contributed by atoms with Crippen molar-refractivity contribution in [1.82, 2.24) is 5.43 Å². The first kappa shape index (κ1) is 10.7. The number of rotatable bonds is 4. The van der Waals surface area contributed by atoms with E-state index in [-0.39, 0.29) is 5.91 Å². The minimum Gasteiger partial charge on any atom is -0.273 e. The van der Waals surface area contributed by atoms with Crippen LogP contribution in [0.3, 0.4) is 0 Å². The van der Waals surface area contributed by atoms with Crippen LogP contribution in [-0.4, -0.2) is 11.6 Å². The van der Waals surface area contributed by atoms with Crippen LogP contribution in [0.15, 0.2) is 5.10 Å². The molecule has 15 heavy (non-hydrogen) atoms. The number of nitrogens with zero attached hydrogens (tertiary/aromatic N) is 1. The zero-order chi connectivity index (χ0) is 10.7. The summed E-state index contributed by atoms with van der Waals surface area (Å²) in [6, 6.07) is 0. The molecular weight excluding hydrogens is 188 g/mol. The second-order valence-corrected chi connectivity index (χ2v) is 4.82. The molecule has 2 aliphatic rings. The zero-order valence-corrected chi connectivity index (χ0v) is 9.46. The van der Waals surface area contributed by atoms with Crippen molar-refractivity contribution in [2.24, 2.45) is 16.9 Å². The molecule has 0 aromatic carbocycles. The van der Waals surface area contributed by atoms with E-state index in [0.717, 1.165) is 25.2 Å². The third-order valence-electron chi connectivity index (χ3n) is 3.59. The Kier molecular flexibility index (Phi) is 3.39. The fourth-order valence-corrected chi connectivity index (χ4v) is 2.69. The molecule has 0 heterocycles. The van der Waals surface area contributed by atoms with Gasteiger partial charge in [-0.1, -0.05) is 13.3 Å². The van der Waals surface area contributed by atoms with Crippen molar-refractivity contribution < 1.29 is 4.79 Å². The molecule has 0 aromatic rings. The molecule has 0 aliphatic heterocycles. The number of unbranched alkanes of at least 4 members (excludes halogenated alkanes) is 1. The molecule has 2 aliphatic carbocycles. The summed E-state index contributed by atoms with van der Waals surface area (Å²) >= 11 is 0. The van der Waals surface area contributed by atoms with E-state index in [1.54, 1.807) is 0 Å². The standard InChI is InChI=1S/C12H20N2O/c1-2-3-4-12(15)14-13-11-8-9-5-6-10(11)7-9/h9-10H,2-8H2,1H3,(H,14,15)/b13-11-. The van der Waals surface area contributed by atoms with E-state index in [9.17, 15) is 4.79 Å². The first-order valence-corrected chi connectivity index (χ1v) is 6.15. The van der Waals surface area contributed by atoms with Crippen LogP contribution in [0.5, 0.6) is 0 Å². The maximum Gasteiger partial charge on any atom is 0.240 e. The minimum absolute atomic E-state index is 0.0760. The van der Waals surface area contributed by atoms with Gasteiger partial charge in [-0.15, -0.1) is 0 Å². The molecule has 3 heteroatoms. The lowest BCUT2D eigenvalue weighted by molar-refractivity contribution is -0.121. The predicted molar refractivity (Wildman–Crippen MR) is 60.6 cm³/mol. The Labute approximate surface area is 91.3 Å². The third kappa shape index (κ3) is 2.58. The average Bonchev–Trinajstić information content (AvgIpc) is 2.84. The molecule has 0 spiro atoms. The van der Waals surface area contributed by atoms with E-state index in [2.05, 4.69) is 17.5 Å². The Balaban J connectivity index is 1.77. The Bertz CT molecular complexity index is 273. The maximum atomic E-state index is 11.3. The van der Waals surface area contributed by atoms with Crippen molar-refractivity contribution in [2.75, 3.05) is 0 Å². The van der Waals surface area contributed by atoms with Gasteiger partial charge in [-0.05, 0) is 43.9 Å². The predicted octanol–water partition coefficient (Wildman–Crippen LogP) is 2.47. The highest BCUT2D eigenvalue weighted by Crippen LogP contribution is 2.42. The summed E-state index contributed by atoms with van der Waals surface area (Å²) in [6.45, 7) is 2.09. The van der Waals surface area contributed by atoms with E-state index in [0.29, 0.717) is 12.3 Å². The van der Waals surface area contributed by atoms with Gasteiger partial charge in [0.25, 0.3) is 0 Å². The van der Waals surface area contributed by atoms with Gasteiger partial charge in [0, 0.05) is 12.1 Å². The number of amides is 1. The number of hydrazone groups is 1.